The van der Waals surface area contributed by atoms with Crippen molar-refractivity contribution in [3.63, 3.8) is 0 Å². The van der Waals surface area contributed by atoms with Crippen LogP contribution in [0.3, 0.4) is 0 Å². The first kappa shape index (κ1) is 16.0. The minimum absolute atomic E-state index is 0.596. The van der Waals surface area contributed by atoms with Crippen molar-refractivity contribution >= 4 is 8.07 Å². The molecule has 1 nitrogen and oxygen atoms in total. The highest BCUT2D eigenvalue weighted by molar-refractivity contribution is 6.77. The van der Waals surface area contributed by atoms with E-state index in [0.29, 0.717) is 5.67 Å². The fourth-order valence-electron chi connectivity index (χ4n) is 3.73. The third-order valence-corrected chi connectivity index (χ3v) is 6.74. The third kappa shape index (κ3) is 4.05. The molecule has 1 atom stereocenters. The molecule has 0 radical (unpaired) electrons. The first-order chi connectivity index (χ1) is 9.81. The van der Waals surface area contributed by atoms with Gasteiger partial charge < -0.3 is 4.48 Å². The van der Waals surface area contributed by atoms with Crippen LogP contribution in [0, 0.1) is 0 Å². The Morgan fingerprint density at radius 3 is 1.76 bits per heavy atom. The van der Waals surface area contributed by atoms with Gasteiger partial charge in [0.2, 0.25) is 0 Å². The van der Waals surface area contributed by atoms with Crippen LogP contribution < -0.4 is 0 Å². The normalized spacial score (nSPS) is 14.0. The number of nitrogens with zero attached hydrogens (tertiary/aromatic N) is 1. The van der Waals surface area contributed by atoms with Crippen LogP contribution in [-0.4, -0.2) is 26.7 Å². The van der Waals surface area contributed by atoms with E-state index in [-0.39, 0.29) is 0 Å². The van der Waals surface area contributed by atoms with Gasteiger partial charge in [0.05, 0.1) is 19.8 Å². The van der Waals surface area contributed by atoms with Gasteiger partial charge in [-0.25, -0.2) is 0 Å². The van der Waals surface area contributed by atoms with Crippen LogP contribution >= 0.6 is 0 Å². The number of hydrogen-bond acceptors (Lipinski definition) is 0. The lowest BCUT2D eigenvalue weighted by Crippen LogP contribution is -2.52. The van der Waals surface area contributed by atoms with Crippen molar-refractivity contribution in [2.75, 3.05) is 14.1 Å². The Kier molecular flexibility index (Phi) is 4.69. The summed E-state index contributed by atoms with van der Waals surface area (Å²) in [6.07, 6.45) is 0. The van der Waals surface area contributed by atoms with E-state index in [2.05, 4.69) is 94.4 Å². The van der Waals surface area contributed by atoms with E-state index < -0.39 is 8.07 Å². The highest BCUT2D eigenvalue weighted by Gasteiger charge is 2.40. The SMILES string of the molecule is C[N+](C)(Cc1ccccc1)C(c1ccccc1)[Si](C)(C)C. The standard InChI is InChI=1S/C19H28NSi/c1-20(2,16-17-12-8-6-9-13-17)19(21(3,4)5)18-14-10-7-11-15-18/h6-15,19H,16H2,1-5H3/q+1. The highest BCUT2D eigenvalue weighted by Crippen LogP contribution is 2.35. The lowest BCUT2D eigenvalue weighted by atomic mass is 10.1. The number of quaternary nitrogens is 1. The van der Waals surface area contributed by atoms with Gasteiger partial charge in [-0.05, 0) is 0 Å². The molecular formula is C19H28NSi+. The molecular weight excluding hydrogens is 270 g/mol. The predicted molar refractivity (Wildman–Crippen MR) is 94.8 cm³/mol. The Morgan fingerprint density at radius 2 is 1.29 bits per heavy atom. The highest BCUT2D eigenvalue weighted by atomic mass is 28.3. The lowest BCUT2D eigenvalue weighted by Gasteiger charge is -2.44. The second-order valence-electron chi connectivity index (χ2n) is 7.60. The second-order valence-corrected chi connectivity index (χ2v) is 12.9. The van der Waals surface area contributed by atoms with Crippen LogP contribution in [-0.2, 0) is 6.54 Å². The molecule has 0 heterocycles. The van der Waals surface area contributed by atoms with E-state index in [9.17, 15) is 0 Å². The largest absolute Gasteiger partial charge is 0.322 e. The number of hydrogen-bond donors (Lipinski definition) is 0. The third-order valence-electron chi connectivity index (χ3n) is 4.07. The molecule has 0 amide bonds. The average molecular weight is 299 g/mol. The van der Waals surface area contributed by atoms with Crippen LogP contribution in [0.4, 0.5) is 0 Å². The maximum atomic E-state index is 2.48. The molecule has 0 bridgehead atoms. The van der Waals surface area contributed by atoms with Crippen molar-refractivity contribution in [2.24, 2.45) is 0 Å². The van der Waals surface area contributed by atoms with Crippen LogP contribution in [0.15, 0.2) is 60.7 Å². The molecule has 21 heavy (non-hydrogen) atoms. The maximum Gasteiger partial charge on any atom is 0.120 e. The van der Waals surface area contributed by atoms with Gasteiger partial charge in [-0.2, -0.15) is 0 Å². The van der Waals surface area contributed by atoms with Gasteiger partial charge in [-0.15, -0.1) is 0 Å². The van der Waals surface area contributed by atoms with Crippen LogP contribution in [0.2, 0.25) is 19.6 Å². The molecule has 2 heteroatoms. The van der Waals surface area contributed by atoms with E-state index in [0.717, 1.165) is 11.0 Å². The summed E-state index contributed by atoms with van der Waals surface area (Å²) in [5.41, 5.74) is 3.50. The first-order valence-corrected chi connectivity index (χ1v) is 11.3. The van der Waals surface area contributed by atoms with E-state index in [1.165, 1.54) is 11.1 Å². The molecule has 0 N–H and O–H groups in total. The van der Waals surface area contributed by atoms with Crippen molar-refractivity contribution < 1.29 is 4.48 Å². The summed E-state index contributed by atoms with van der Waals surface area (Å²) in [6, 6.07) is 21.9. The van der Waals surface area contributed by atoms with Gasteiger partial charge in [0.25, 0.3) is 0 Å². The summed E-state index contributed by atoms with van der Waals surface area (Å²) < 4.78 is 1.02. The van der Waals surface area contributed by atoms with Crippen molar-refractivity contribution in [1.29, 1.82) is 0 Å². The van der Waals surface area contributed by atoms with Crippen molar-refractivity contribution in [1.82, 2.24) is 0 Å². The van der Waals surface area contributed by atoms with Crippen LogP contribution in [0.25, 0.3) is 0 Å². The zero-order valence-electron chi connectivity index (χ0n) is 14.0. The summed E-state index contributed by atoms with van der Waals surface area (Å²) in [6.45, 7) is 8.52. The topological polar surface area (TPSA) is 0 Å². The molecule has 0 aliphatic carbocycles. The first-order valence-electron chi connectivity index (χ1n) is 7.72. The Balaban J connectivity index is 2.36. The van der Waals surface area contributed by atoms with Crippen LogP contribution in [0.5, 0.6) is 0 Å². The molecule has 2 rings (SSSR count). The fourth-order valence-corrected chi connectivity index (χ4v) is 7.11. The van der Waals surface area contributed by atoms with E-state index in [4.69, 9.17) is 0 Å². The van der Waals surface area contributed by atoms with Crippen LogP contribution in [0.1, 0.15) is 16.8 Å². The molecule has 1 unspecified atom stereocenters. The lowest BCUT2D eigenvalue weighted by molar-refractivity contribution is -0.922. The van der Waals surface area contributed by atoms with Gasteiger partial charge in [-0.1, -0.05) is 80.3 Å². The second kappa shape index (κ2) is 6.16. The molecule has 2 aromatic rings. The van der Waals surface area contributed by atoms with Crippen molar-refractivity contribution in [3.05, 3.63) is 71.8 Å². The molecule has 0 fully saturated rings. The Bertz CT molecular complexity index is 555. The summed E-state index contributed by atoms with van der Waals surface area (Å²) in [7, 11) is 3.41. The summed E-state index contributed by atoms with van der Waals surface area (Å²) in [5, 5.41) is 0. The van der Waals surface area contributed by atoms with E-state index in [1.54, 1.807) is 0 Å². The van der Waals surface area contributed by atoms with Gasteiger partial charge >= 0.3 is 0 Å². The maximum absolute atomic E-state index is 2.48. The quantitative estimate of drug-likeness (QED) is 0.545. The minimum Gasteiger partial charge on any atom is -0.322 e. The molecule has 2 aromatic carbocycles. The monoisotopic (exact) mass is 298 g/mol. The predicted octanol–water partition coefficient (Wildman–Crippen LogP) is 4.88. The van der Waals surface area contributed by atoms with Gasteiger partial charge in [-0.3, -0.25) is 0 Å². The van der Waals surface area contributed by atoms with E-state index in [1.807, 2.05) is 0 Å². The van der Waals surface area contributed by atoms with Gasteiger partial charge in [0.15, 0.2) is 0 Å². The summed E-state index contributed by atoms with van der Waals surface area (Å²) >= 11 is 0. The molecule has 0 spiro atoms. The Labute approximate surface area is 130 Å². The van der Waals surface area contributed by atoms with Crippen molar-refractivity contribution in [2.45, 2.75) is 31.9 Å². The average Bonchev–Trinajstić information content (AvgIpc) is 2.38. The zero-order valence-corrected chi connectivity index (χ0v) is 15.0. The van der Waals surface area contributed by atoms with Gasteiger partial charge in [0, 0.05) is 11.1 Å². The number of rotatable bonds is 5. The molecule has 0 saturated heterocycles. The Morgan fingerprint density at radius 1 is 0.810 bits per heavy atom. The molecule has 0 aliphatic heterocycles. The molecule has 112 valence electrons. The Hall–Kier alpha value is -1.38. The molecule has 0 saturated carbocycles. The van der Waals surface area contributed by atoms with E-state index >= 15 is 0 Å². The molecule has 0 aliphatic rings. The fraction of sp³-hybridized carbons (Fsp3) is 0.368. The van der Waals surface area contributed by atoms with Crippen molar-refractivity contribution in [3.8, 4) is 0 Å². The minimum atomic E-state index is -1.34. The smallest absolute Gasteiger partial charge is 0.120 e. The number of benzene rings is 2. The summed E-state index contributed by atoms with van der Waals surface area (Å²) in [4.78, 5) is 0. The zero-order chi connectivity index (χ0) is 15.5. The molecule has 0 aromatic heterocycles. The summed E-state index contributed by atoms with van der Waals surface area (Å²) in [5.74, 6) is 0. The van der Waals surface area contributed by atoms with Gasteiger partial charge in [0.1, 0.15) is 14.6 Å².